The third kappa shape index (κ3) is 2.29. The molecule has 1 atom stereocenters. The molecule has 0 N–H and O–H groups in total. The van der Waals surface area contributed by atoms with Crippen molar-refractivity contribution in [3.05, 3.63) is 42.4 Å². The van der Waals surface area contributed by atoms with Crippen LogP contribution in [-0.4, -0.2) is 42.6 Å². The second-order valence-electron chi connectivity index (χ2n) is 5.68. The summed E-state index contributed by atoms with van der Waals surface area (Å²) in [6, 6.07) is 8.09. The second-order valence-corrected chi connectivity index (χ2v) is 5.68. The molecule has 2 aliphatic rings. The summed E-state index contributed by atoms with van der Waals surface area (Å²) in [6.45, 7) is 2.76. The Labute approximate surface area is 138 Å². The number of amides is 2. The Balaban J connectivity index is 1.55. The molecule has 3 heterocycles. The van der Waals surface area contributed by atoms with E-state index < -0.39 is 6.04 Å². The molecule has 0 bridgehead atoms. The summed E-state index contributed by atoms with van der Waals surface area (Å²) >= 11 is 0. The van der Waals surface area contributed by atoms with Gasteiger partial charge in [-0.2, -0.15) is 0 Å². The minimum absolute atomic E-state index is 0.139. The summed E-state index contributed by atoms with van der Waals surface area (Å²) in [5.41, 5.74) is 0.737. The van der Waals surface area contributed by atoms with Crippen LogP contribution in [0.3, 0.4) is 0 Å². The number of nitrogens with zero attached hydrogens (tertiary/aromatic N) is 2. The molecule has 0 spiro atoms. The Morgan fingerprint density at radius 2 is 2.00 bits per heavy atom. The maximum atomic E-state index is 12.7. The summed E-state index contributed by atoms with van der Waals surface area (Å²) in [6.07, 6.45) is 1.45. The fraction of sp³-hybridized carbons (Fsp3) is 0.294. The number of anilines is 1. The average molecular weight is 328 g/mol. The molecule has 124 valence electrons. The minimum Gasteiger partial charge on any atom is -0.459 e. The molecule has 1 unspecified atom stereocenters. The van der Waals surface area contributed by atoms with E-state index in [0.717, 1.165) is 5.69 Å². The van der Waals surface area contributed by atoms with Crippen molar-refractivity contribution in [3.63, 3.8) is 0 Å². The maximum absolute atomic E-state index is 12.7. The molecule has 2 amide bonds. The van der Waals surface area contributed by atoms with Crippen molar-refractivity contribution in [2.24, 2.45) is 0 Å². The number of carbonyl (C=O) groups excluding carboxylic acids is 2. The Bertz CT molecular complexity index is 786. The van der Waals surface area contributed by atoms with Gasteiger partial charge < -0.3 is 23.7 Å². The van der Waals surface area contributed by atoms with Gasteiger partial charge in [-0.1, -0.05) is 0 Å². The first-order valence-corrected chi connectivity index (χ1v) is 7.70. The third-order valence-electron chi connectivity index (χ3n) is 4.32. The van der Waals surface area contributed by atoms with Crippen molar-refractivity contribution < 1.29 is 23.5 Å². The highest BCUT2D eigenvalue weighted by molar-refractivity contribution is 6.02. The van der Waals surface area contributed by atoms with Crippen LogP contribution in [0.5, 0.6) is 11.5 Å². The number of hydrogen-bond acceptors (Lipinski definition) is 5. The van der Waals surface area contributed by atoms with Gasteiger partial charge in [-0.25, -0.2) is 0 Å². The van der Waals surface area contributed by atoms with Crippen LogP contribution in [0.15, 0.2) is 41.0 Å². The van der Waals surface area contributed by atoms with Gasteiger partial charge in [0.25, 0.3) is 5.91 Å². The fourth-order valence-corrected chi connectivity index (χ4v) is 3.00. The quantitative estimate of drug-likeness (QED) is 0.842. The number of furan rings is 1. The number of piperazine rings is 1. The molecular weight excluding hydrogens is 312 g/mol. The van der Waals surface area contributed by atoms with Crippen molar-refractivity contribution in [2.75, 3.05) is 24.8 Å². The topological polar surface area (TPSA) is 72.2 Å². The summed E-state index contributed by atoms with van der Waals surface area (Å²) in [5.74, 6) is 1.13. The normalized spacial score (nSPS) is 19.7. The zero-order valence-corrected chi connectivity index (χ0v) is 13.1. The minimum atomic E-state index is -0.568. The lowest BCUT2D eigenvalue weighted by molar-refractivity contribution is -0.124. The highest BCUT2D eigenvalue weighted by atomic mass is 16.7. The number of carbonyl (C=O) groups is 2. The van der Waals surface area contributed by atoms with Gasteiger partial charge in [0.05, 0.1) is 6.26 Å². The lowest BCUT2D eigenvalue weighted by Gasteiger charge is -2.38. The molecule has 7 heteroatoms. The predicted octanol–water partition coefficient (Wildman–Crippen LogP) is 1.89. The number of ether oxygens (including phenoxy) is 2. The lowest BCUT2D eigenvalue weighted by atomic mass is 10.1. The summed E-state index contributed by atoms with van der Waals surface area (Å²) in [4.78, 5) is 28.4. The van der Waals surface area contributed by atoms with E-state index in [1.807, 2.05) is 6.07 Å². The molecule has 24 heavy (non-hydrogen) atoms. The molecule has 1 saturated heterocycles. The van der Waals surface area contributed by atoms with Gasteiger partial charge in [0.1, 0.15) is 6.04 Å². The SMILES string of the molecule is CC1C(=O)N(c2ccc3c(c2)OCO3)CCN1C(=O)c1ccco1. The van der Waals surface area contributed by atoms with Crippen LogP contribution in [0.2, 0.25) is 0 Å². The molecule has 1 aromatic carbocycles. The molecule has 4 rings (SSSR count). The summed E-state index contributed by atoms with van der Waals surface area (Å²) in [7, 11) is 0. The highest BCUT2D eigenvalue weighted by Crippen LogP contribution is 2.36. The first kappa shape index (κ1) is 14.6. The van der Waals surface area contributed by atoms with Crippen LogP contribution in [0.25, 0.3) is 0 Å². The van der Waals surface area contributed by atoms with Crippen LogP contribution in [0, 0.1) is 0 Å². The van der Waals surface area contributed by atoms with Crippen molar-refractivity contribution in [3.8, 4) is 11.5 Å². The van der Waals surface area contributed by atoms with E-state index in [9.17, 15) is 9.59 Å². The van der Waals surface area contributed by atoms with Crippen molar-refractivity contribution >= 4 is 17.5 Å². The molecule has 0 radical (unpaired) electrons. The Kier molecular flexibility index (Phi) is 3.41. The van der Waals surface area contributed by atoms with Crippen molar-refractivity contribution in [1.29, 1.82) is 0 Å². The van der Waals surface area contributed by atoms with Gasteiger partial charge in [-0.15, -0.1) is 0 Å². The van der Waals surface area contributed by atoms with E-state index in [4.69, 9.17) is 13.9 Å². The van der Waals surface area contributed by atoms with Crippen molar-refractivity contribution in [1.82, 2.24) is 4.90 Å². The van der Waals surface area contributed by atoms with Crippen LogP contribution in [0.1, 0.15) is 17.5 Å². The fourth-order valence-electron chi connectivity index (χ4n) is 3.00. The third-order valence-corrected chi connectivity index (χ3v) is 4.32. The number of rotatable bonds is 2. The zero-order chi connectivity index (χ0) is 16.7. The number of benzene rings is 1. The first-order chi connectivity index (χ1) is 11.6. The summed E-state index contributed by atoms with van der Waals surface area (Å²) in [5, 5.41) is 0. The maximum Gasteiger partial charge on any atom is 0.290 e. The largest absolute Gasteiger partial charge is 0.459 e. The molecule has 0 aliphatic carbocycles. The zero-order valence-electron chi connectivity index (χ0n) is 13.1. The number of fused-ring (bicyclic) bond motifs is 1. The molecular formula is C17H16N2O5. The van der Waals surface area contributed by atoms with E-state index in [2.05, 4.69) is 0 Å². The number of hydrogen-bond donors (Lipinski definition) is 0. The van der Waals surface area contributed by atoms with E-state index in [0.29, 0.717) is 24.6 Å². The smallest absolute Gasteiger partial charge is 0.290 e. The van der Waals surface area contributed by atoms with Gasteiger partial charge in [-0.05, 0) is 31.2 Å². The molecule has 2 aromatic rings. The van der Waals surface area contributed by atoms with Crippen LogP contribution >= 0.6 is 0 Å². The van der Waals surface area contributed by atoms with Crippen molar-refractivity contribution in [2.45, 2.75) is 13.0 Å². The van der Waals surface area contributed by atoms with Gasteiger partial charge >= 0.3 is 0 Å². The van der Waals surface area contributed by atoms with E-state index in [1.54, 1.807) is 36.1 Å². The Morgan fingerprint density at radius 3 is 2.79 bits per heavy atom. The van der Waals surface area contributed by atoms with Crippen LogP contribution in [-0.2, 0) is 4.79 Å². The molecule has 0 saturated carbocycles. The van der Waals surface area contributed by atoms with E-state index in [-0.39, 0.29) is 24.4 Å². The molecule has 1 aromatic heterocycles. The molecule has 1 fully saturated rings. The molecule has 7 nitrogen and oxygen atoms in total. The standard InChI is InChI=1S/C17H16N2O5/c1-11-16(20)19(12-4-5-13-15(9-12)24-10-23-13)7-6-18(11)17(21)14-3-2-8-22-14/h2-5,8-9,11H,6-7,10H2,1H3. The molecule has 2 aliphatic heterocycles. The average Bonchev–Trinajstić information content (AvgIpc) is 3.27. The first-order valence-electron chi connectivity index (χ1n) is 7.70. The monoisotopic (exact) mass is 328 g/mol. The lowest BCUT2D eigenvalue weighted by Crippen LogP contribution is -2.57. The Morgan fingerprint density at radius 1 is 1.17 bits per heavy atom. The van der Waals surface area contributed by atoms with Crippen LogP contribution in [0.4, 0.5) is 5.69 Å². The van der Waals surface area contributed by atoms with Gasteiger partial charge in [-0.3, -0.25) is 9.59 Å². The van der Waals surface area contributed by atoms with E-state index in [1.165, 1.54) is 11.2 Å². The second kappa shape index (κ2) is 5.59. The van der Waals surface area contributed by atoms with Gasteiger partial charge in [0.2, 0.25) is 12.7 Å². The highest BCUT2D eigenvalue weighted by Gasteiger charge is 2.36. The van der Waals surface area contributed by atoms with Gasteiger partial charge in [0.15, 0.2) is 17.3 Å². The van der Waals surface area contributed by atoms with Crippen LogP contribution < -0.4 is 14.4 Å². The van der Waals surface area contributed by atoms with E-state index >= 15 is 0 Å². The Hall–Kier alpha value is -2.96. The predicted molar refractivity (Wildman–Crippen MR) is 84.1 cm³/mol. The summed E-state index contributed by atoms with van der Waals surface area (Å²) < 4.78 is 15.8. The van der Waals surface area contributed by atoms with Gasteiger partial charge in [0, 0.05) is 24.8 Å².